The molecule has 0 aromatic heterocycles. The summed E-state index contributed by atoms with van der Waals surface area (Å²) in [5.74, 6) is 0.344. The monoisotopic (exact) mass is 193 g/mol. The van der Waals surface area contributed by atoms with Gasteiger partial charge in [0.1, 0.15) is 5.82 Å². The van der Waals surface area contributed by atoms with Crippen LogP contribution in [0.25, 0.3) is 0 Å². The van der Waals surface area contributed by atoms with Crippen molar-refractivity contribution in [3.63, 3.8) is 0 Å². The van der Waals surface area contributed by atoms with Gasteiger partial charge in [-0.3, -0.25) is 0 Å². The van der Waals surface area contributed by atoms with Gasteiger partial charge in [0.25, 0.3) is 0 Å². The fraction of sp³-hybridized carbons (Fsp3) is 0.500. The second-order valence-corrected chi connectivity index (χ2v) is 4.21. The summed E-state index contributed by atoms with van der Waals surface area (Å²) in [5, 5.41) is 3.26. The van der Waals surface area contributed by atoms with E-state index in [2.05, 4.69) is 25.2 Å². The molecule has 0 unspecified atom stereocenters. The molecular weight excluding hydrogens is 177 g/mol. The van der Waals surface area contributed by atoms with Crippen LogP contribution in [-0.2, 0) is 6.42 Å². The Balaban J connectivity index is 2.46. The van der Waals surface area contributed by atoms with Gasteiger partial charge in [-0.25, -0.2) is 4.39 Å². The number of benzene rings is 1. The predicted octanol–water partition coefficient (Wildman–Crippen LogP) is 3.31. The molecule has 1 aromatic rings. The number of fused-ring (bicyclic) bond motifs is 1. The minimum Gasteiger partial charge on any atom is -0.385 e. The Kier molecular flexibility index (Phi) is 2.44. The molecule has 0 saturated carbocycles. The summed E-state index contributed by atoms with van der Waals surface area (Å²) in [7, 11) is 0. The normalized spacial score (nSPS) is 15.1. The summed E-state index contributed by atoms with van der Waals surface area (Å²) in [6.07, 6.45) is 1.90. The minimum absolute atomic E-state index is 0.0431. The molecule has 14 heavy (non-hydrogen) atoms. The molecule has 0 amide bonds. The maximum atomic E-state index is 13.7. The van der Waals surface area contributed by atoms with Crippen LogP contribution in [0.1, 0.15) is 37.3 Å². The molecule has 0 saturated heterocycles. The molecule has 76 valence electrons. The highest BCUT2D eigenvalue weighted by Gasteiger charge is 2.15. The molecule has 1 heterocycles. The lowest BCUT2D eigenvalue weighted by Crippen LogP contribution is -2.13. The van der Waals surface area contributed by atoms with E-state index in [-0.39, 0.29) is 5.82 Å². The standard InChI is InChI=1S/C12H16FN/c1-8(2)9-6-11(13)10-4-3-5-14-12(10)7-9/h6-8,14H,3-5H2,1-2H3. The molecule has 0 spiro atoms. The van der Waals surface area contributed by atoms with Crippen LogP contribution in [0.5, 0.6) is 0 Å². The van der Waals surface area contributed by atoms with Gasteiger partial charge >= 0.3 is 0 Å². The van der Waals surface area contributed by atoms with Gasteiger partial charge < -0.3 is 5.32 Å². The van der Waals surface area contributed by atoms with Crippen LogP contribution in [0.4, 0.5) is 10.1 Å². The summed E-state index contributed by atoms with van der Waals surface area (Å²) in [5.41, 5.74) is 2.94. The van der Waals surface area contributed by atoms with Crippen molar-refractivity contribution in [2.24, 2.45) is 0 Å². The molecule has 1 aliphatic heterocycles. The van der Waals surface area contributed by atoms with E-state index in [9.17, 15) is 4.39 Å². The molecule has 0 atom stereocenters. The topological polar surface area (TPSA) is 12.0 Å². The van der Waals surface area contributed by atoms with Crippen molar-refractivity contribution in [1.29, 1.82) is 0 Å². The molecule has 1 nitrogen and oxygen atoms in total. The Morgan fingerprint density at radius 1 is 1.36 bits per heavy atom. The Morgan fingerprint density at radius 3 is 2.86 bits per heavy atom. The molecule has 0 aliphatic carbocycles. The van der Waals surface area contributed by atoms with Crippen molar-refractivity contribution in [3.05, 3.63) is 29.1 Å². The van der Waals surface area contributed by atoms with E-state index in [1.807, 2.05) is 0 Å². The van der Waals surface area contributed by atoms with E-state index in [0.29, 0.717) is 5.92 Å². The number of hydrogen-bond acceptors (Lipinski definition) is 1. The van der Waals surface area contributed by atoms with Crippen LogP contribution in [0.2, 0.25) is 0 Å². The lowest BCUT2D eigenvalue weighted by molar-refractivity contribution is 0.598. The van der Waals surface area contributed by atoms with Gasteiger partial charge in [-0.2, -0.15) is 0 Å². The molecule has 0 radical (unpaired) electrons. The quantitative estimate of drug-likeness (QED) is 0.721. The zero-order chi connectivity index (χ0) is 10.1. The first-order valence-electron chi connectivity index (χ1n) is 5.24. The lowest BCUT2D eigenvalue weighted by atomic mass is 9.96. The second-order valence-electron chi connectivity index (χ2n) is 4.21. The van der Waals surface area contributed by atoms with Crippen LogP contribution in [0.15, 0.2) is 12.1 Å². The lowest BCUT2D eigenvalue weighted by Gasteiger charge is -2.20. The van der Waals surface area contributed by atoms with Gasteiger partial charge in [-0.05, 0) is 36.5 Å². The Bertz CT molecular complexity index is 344. The van der Waals surface area contributed by atoms with Gasteiger partial charge in [0.05, 0.1) is 0 Å². The average Bonchev–Trinajstić information content (AvgIpc) is 2.17. The van der Waals surface area contributed by atoms with E-state index in [1.165, 1.54) is 0 Å². The van der Waals surface area contributed by atoms with Gasteiger partial charge in [-0.1, -0.05) is 13.8 Å². The Morgan fingerprint density at radius 2 is 2.14 bits per heavy atom. The fourth-order valence-corrected chi connectivity index (χ4v) is 1.89. The second kappa shape index (κ2) is 3.60. The molecule has 1 aliphatic rings. The molecule has 0 bridgehead atoms. The number of halogens is 1. The number of rotatable bonds is 1. The van der Waals surface area contributed by atoms with Crippen LogP contribution in [-0.4, -0.2) is 6.54 Å². The van der Waals surface area contributed by atoms with E-state index < -0.39 is 0 Å². The molecule has 2 heteroatoms. The molecule has 1 N–H and O–H groups in total. The Hall–Kier alpha value is -1.05. The maximum Gasteiger partial charge on any atom is 0.128 e. The van der Waals surface area contributed by atoms with Crippen molar-refractivity contribution in [1.82, 2.24) is 0 Å². The van der Waals surface area contributed by atoms with E-state index in [1.54, 1.807) is 6.07 Å². The summed E-state index contributed by atoms with van der Waals surface area (Å²) in [6, 6.07) is 3.76. The van der Waals surface area contributed by atoms with Crippen molar-refractivity contribution < 1.29 is 4.39 Å². The first-order chi connectivity index (χ1) is 6.68. The predicted molar refractivity (Wildman–Crippen MR) is 57.3 cm³/mol. The van der Waals surface area contributed by atoms with Crippen LogP contribution in [0, 0.1) is 5.82 Å². The largest absolute Gasteiger partial charge is 0.385 e. The van der Waals surface area contributed by atoms with Crippen molar-refractivity contribution >= 4 is 5.69 Å². The molecule has 0 fully saturated rings. The molecule has 2 rings (SSSR count). The zero-order valence-corrected chi connectivity index (χ0v) is 8.73. The van der Waals surface area contributed by atoms with Crippen LogP contribution in [0.3, 0.4) is 0 Å². The first kappa shape index (κ1) is 9.50. The zero-order valence-electron chi connectivity index (χ0n) is 8.73. The van der Waals surface area contributed by atoms with E-state index in [4.69, 9.17) is 0 Å². The Labute approximate surface area is 84.3 Å². The SMILES string of the molecule is CC(C)c1cc(F)c2c(c1)NCCC2. The van der Waals surface area contributed by atoms with E-state index >= 15 is 0 Å². The van der Waals surface area contributed by atoms with Gasteiger partial charge in [0.2, 0.25) is 0 Å². The van der Waals surface area contributed by atoms with Gasteiger partial charge in [0.15, 0.2) is 0 Å². The fourth-order valence-electron chi connectivity index (χ4n) is 1.89. The summed E-state index contributed by atoms with van der Waals surface area (Å²) in [4.78, 5) is 0. The highest BCUT2D eigenvalue weighted by molar-refractivity contribution is 5.56. The third-order valence-corrected chi connectivity index (χ3v) is 2.80. The summed E-state index contributed by atoms with van der Waals surface area (Å²) < 4.78 is 13.7. The number of hydrogen-bond donors (Lipinski definition) is 1. The summed E-state index contributed by atoms with van der Waals surface area (Å²) >= 11 is 0. The third kappa shape index (κ3) is 1.61. The van der Waals surface area contributed by atoms with E-state index in [0.717, 1.165) is 36.2 Å². The van der Waals surface area contributed by atoms with Gasteiger partial charge in [0, 0.05) is 17.8 Å². The van der Waals surface area contributed by atoms with Crippen LogP contribution >= 0.6 is 0 Å². The van der Waals surface area contributed by atoms with Crippen molar-refractivity contribution in [2.45, 2.75) is 32.6 Å². The van der Waals surface area contributed by atoms with Gasteiger partial charge in [-0.15, -0.1) is 0 Å². The highest BCUT2D eigenvalue weighted by Crippen LogP contribution is 2.29. The molecule has 1 aromatic carbocycles. The first-order valence-corrected chi connectivity index (χ1v) is 5.24. The highest BCUT2D eigenvalue weighted by atomic mass is 19.1. The van der Waals surface area contributed by atoms with Crippen molar-refractivity contribution in [3.8, 4) is 0 Å². The number of anilines is 1. The van der Waals surface area contributed by atoms with Crippen molar-refractivity contribution in [2.75, 3.05) is 11.9 Å². The average molecular weight is 193 g/mol. The molecular formula is C12H16FN. The minimum atomic E-state index is -0.0431. The third-order valence-electron chi connectivity index (χ3n) is 2.80. The summed E-state index contributed by atoms with van der Waals surface area (Å²) in [6.45, 7) is 5.14. The smallest absolute Gasteiger partial charge is 0.128 e. The van der Waals surface area contributed by atoms with Crippen LogP contribution < -0.4 is 5.32 Å². The number of nitrogens with one attached hydrogen (secondary N) is 1. The maximum absolute atomic E-state index is 13.7.